The predicted molar refractivity (Wildman–Crippen MR) is 124 cm³/mol. The van der Waals surface area contributed by atoms with E-state index in [1.165, 1.54) is 14.2 Å². The van der Waals surface area contributed by atoms with Gasteiger partial charge in [-0.1, -0.05) is 23.7 Å². The Morgan fingerprint density at radius 3 is 2.44 bits per heavy atom. The Hall–Kier alpha value is -4.05. The number of esters is 1. The van der Waals surface area contributed by atoms with E-state index in [-0.39, 0.29) is 28.8 Å². The summed E-state index contributed by atoms with van der Waals surface area (Å²) in [6, 6.07) is 12.4. The molecule has 2 aromatic carbocycles. The van der Waals surface area contributed by atoms with Crippen LogP contribution in [0, 0.1) is 0 Å². The van der Waals surface area contributed by atoms with Crippen LogP contribution in [0.1, 0.15) is 17.4 Å². The highest BCUT2D eigenvalue weighted by atomic mass is 35.5. The second kappa shape index (κ2) is 11.2. The second-order valence-corrected chi connectivity index (χ2v) is 7.09. The summed E-state index contributed by atoms with van der Waals surface area (Å²) in [5, 5.41) is 6.98. The van der Waals surface area contributed by atoms with Gasteiger partial charge in [-0.3, -0.25) is 9.59 Å². The average molecular weight is 488 g/mol. The molecule has 0 aliphatic carbocycles. The van der Waals surface area contributed by atoms with Crippen LogP contribution in [-0.4, -0.2) is 49.1 Å². The molecule has 0 aliphatic rings. The van der Waals surface area contributed by atoms with Crippen molar-refractivity contribution >= 4 is 29.2 Å². The zero-order valence-corrected chi connectivity index (χ0v) is 19.4. The highest BCUT2D eigenvalue weighted by Crippen LogP contribution is 2.29. The fourth-order valence-corrected chi connectivity index (χ4v) is 3.16. The molecule has 1 heterocycles. The van der Waals surface area contributed by atoms with E-state index in [2.05, 4.69) is 10.4 Å². The van der Waals surface area contributed by atoms with Gasteiger partial charge in [-0.25, -0.2) is 4.79 Å². The number of methoxy groups -OCH3 is 2. The van der Waals surface area contributed by atoms with Gasteiger partial charge in [0.25, 0.3) is 11.5 Å². The molecule has 34 heavy (non-hydrogen) atoms. The molecule has 1 amide bonds. The van der Waals surface area contributed by atoms with Crippen LogP contribution in [0.2, 0.25) is 5.02 Å². The van der Waals surface area contributed by atoms with Crippen LogP contribution in [0.3, 0.4) is 0 Å². The van der Waals surface area contributed by atoms with Gasteiger partial charge in [-0.05, 0) is 31.2 Å². The first-order valence-corrected chi connectivity index (χ1v) is 10.5. The quantitative estimate of drug-likeness (QED) is 0.457. The number of para-hydroxylation sites is 1. The van der Waals surface area contributed by atoms with E-state index in [9.17, 15) is 14.4 Å². The Kier molecular flexibility index (Phi) is 8.10. The average Bonchev–Trinajstić information content (AvgIpc) is 2.83. The highest BCUT2D eigenvalue weighted by molar-refractivity contribution is 6.32. The van der Waals surface area contributed by atoms with E-state index in [0.717, 1.165) is 10.7 Å². The number of halogens is 1. The van der Waals surface area contributed by atoms with Crippen molar-refractivity contribution in [2.45, 2.75) is 6.92 Å². The number of ether oxygens (including phenoxy) is 4. The minimum absolute atomic E-state index is 0.0744. The zero-order valence-electron chi connectivity index (χ0n) is 18.7. The summed E-state index contributed by atoms with van der Waals surface area (Å²) in [5.41, 5.74) is -0.182. The zero-order chi connectivity index (χ0) is 24.7. The standard InChI is InChI=1S/C23H22ClN3O7/c1-4-33-23(30)22-19(12-21(29)27(26-22)16-8-6-5-7-15(16)24)34-13-20(28)25-14-9-10-17(31-2)18(11-14)32-3/h5-12H,4,13H2,1-3H3,(H,25,28). The molecule has 10 nitrogen and oxygen atoms in total. The van der Waals surface area contributed by atoms with Crippen molar-refractivity contribution in [2.24, 2.45) is 0 Å². The second-order valence-electron chi connectivity index (χ2n) is 6.69. The van der Waals surface area contributed by atoms with Crippen LogP contribution in [0.25, 0.3) is 5.69 Å². The topological polar surface area (TPSA) is 118 Å². The molecule has 3 aromatic rings. The largest absolute Gasteiger partial charge is 0.493 e. The molecule has 0 unspecified atom stereocenters. The number of hydrogen-bond acceptors (Lipinski definition) is 8. The number of nitrogens with one attached hydrogen (secondary N) is 1. The van der Waals surface area contributed by atoms with E-state index in [4.69, 9.17) is 30.5 Å². The summed E-state index contributed by atoms with van der Waals surface area (Å²) in [7, 11) is 2.97. The number of carbonyl (C=O) groups is 2. The summed E-state index contributed by atoms with van der Waals surface area (Å²) >= 11 is 6.17. The molecule has 1 aromatic heterocycles. The van der Waals surface area contributed by atoms with Gasteiger partial charge in [0.2, 0.25) is 5.69 Å². The number of nitrogens with zero attached hydrogens (tertiary/aromatic N) is 2. The van der Waals surface area contributed by atoms with Crippen LogP contribution >= 0.6 is 11.6 Å². The molecule has 0 atom stereocenters. The minimum atomic E-state index is -0.821. The number of benzene rings is 2. The van der Waals surface area contributed by atoms with Gasteiger partial charge in [-0.2, -0.15) is 9.78 Å². The Morgan fingerprint density at radius 1 is 1.03 bits per heavy atom. The molecule has 3 rings (SSSR count). The molecule has 11 heteroatoms. The molecule has 1 N–H and O–H groups in total. The Balaban J connectivity index is 1.84. The number of rotatable bonds is 9. The third-order valence-corrected chi connectivity index (χ3v) is 4.79. The van der Waals surface area contributed by atoms with E-state index in [1.54, 1.807) is 49.4 Å². The Labute approximate surface area is 200 Å². The Morgan fingerprint density at radius 2 is 1.76 bits per heavy atom. The molecular formula is C23H22ClN3O7. The van der Waals surface area contributed by atoms with Crippen molar-refractivity contribution in [2.75, 3.05) is 32.8 Å². The Bertz CT molecular complexity index is 1260. The number of aromatic nitrogens is 2. The molecule has 0 fully saturated rings. The fraction of sp³-hybridized carbons (Fsp3) is 0.217. The first kappa shape index (κ1) is 24.6. The number of carbonyl (C=O) groups excluding carboxylic acids is 2. The summed E-state index contributed by atoms with van der Waals surface area (Å²) < 4.78 is 21.8. The van der Waals surface area contributed by atoms with Crippen molar-refractivity contribution in [1.82, 2.24) is 9.78 Å². The van der Waals surface area contributed by atoms with Crippen molar-refractivity contribution in [1.29, 1.82) is 0 Å². The number of amides is 1. The van der Waals surface area contributed by atoms with Crippen LogP contribution in [0.15, 0.2) is 53.3 Å². The smallest absolute Gasteiger partial charge is 0.362 e. The van der Waals surface area contributed by atoms with Crippen LogP contribution in [0.5, 0.6) is 17.2 Å². The summed E-state index contributed by atoms with van der Waals surface area (Å²) in [6.07, 6.45) is 0. The molecule has 0 radical (unpaired) electrons. The lowest BCUT2D eigenvalue weighted by molar-refractivity contribution is -0.118. The van der Waals surface area contributed by atoms with Crippen molar-refractivity contribution in [3.63, 3.8) is 0 Å². The molecule has 0 saturated heterocycles. The van der Waals surface area contributed by atoms with Gasteiger partial charge >= 0.3 is 5.97 Å². The van der Waals surface area contributed by atoms with Crippen molar-refractivity contribution in [3.8, 4) is 22.9 Å². The molecule has 0 bridgehead atoms. The lowest BCUT2D eigenvalue weighted by Gasteiger charge is -2.14. The van der Waals surface area contributed by atoms with E-state index in [0.29, 0.717) is 17.2 Å². The van der Waals surface area contributed by atoms with Crippen molar-refractivity contribution in [3.05, 3.63) is 69.6 Å². The fourth-order valence-electron chi connectivity index (χ4n) is 2.94. The van der Waals surface area contributed by atoms with E-state index in [1.807, 2.05) is 0 Å². The van der Waals surface area contributed by atoms with Gasteiger partial charge in [0, 0.05) is 11.8 Å². The lowest BCUT2D eigenvalue weighted by atomic mass is 10.2. The van der Waals surface area contributed by atoms with Gasteiger partial charge in [-0.15, -0.1) is 0 Å². The number of hydrogen-bond donors (Lipinski definition) is 1. The maximum absolute atomic E-state index is 12.7. The third-order valence-electron chi connectivity index (χ3n) is 4.47. The van der Waals surface area contributed by atoms with Gasteiger partial charge in [0.15, 0.2) is 23.9 Å². The molecule has 0 spiro atoms. The van der Waals surface area contributed by atoms with Crippen LogP contribution in [0.4, 0.5) is 5.69 Å². The highest BCUT2D eigenvalue weighted by Gasteiger charge is 2.21. The first-order valence-electron chi connectivity index (χ1n) is 10.1. The third kappa shape index (κ3) is 5.65. The number of anilines is 1. The lowest BCUT2D eigenvalue weighted by Crippen LogP contribution is -2.27. The molecule has 0 saturated carbocycles. The van der Waals surface area contributed by atoms with Gasteiger partial charge in [0.1, 0.15) is 0 Å². The minimum Gasteiger partial charge on any atom is -0.493 e. The SMILES string of the molecule is CCOC(=O)c1nn(-c2ccccc2Cl)c(=O)cc1OCC(=O)Nc1ccc(OC)c(OC)c1. The van der Waals surface area contributed by atoms with E-state index >= 15 is 0 Å². The van der Waals surface area contributed by atoms with Gasteiger partial charge in [0.05, 0.1) is 37.6 Å². The molecular weight excluding hydrogens is 466 g/mol. The van der Waals surface area contributed by atoms with Crippen molar-refractivity contribution < 1.29 is 28.5 Å². The molecule has 178 valence electrons. The summed E-state index contributed by atoms with van der Waals surface area (Å²) in [6.45, 7) is 1.20. The predicted octanol–water partition coefficient (Wildman–Crippen LogP) is 3.10. The van der Waals surface area contributed by atoms with E-state index < -0.39 is 24.0 Å². The van der Waals surface area contributed by atoms with Crippen LogP contribution < -0.4 is 25.1 Å². The summed E-state index contributed by atoms with van der Waals surface area (Å²) in [5.74, 6) is -0.635. The maximum atomic E-state index is 12.7. The normalized spacial score (nSPS) is 10.4. The molecule has 0 aliphatic heterocycles. The summed E-state index contributed by atoms with van der Waals surface area (Å²) in [4.78, 5) is 37.6. The van der Waals surface area contributed by atoms with Crippen LogP contribution in [-0.2, 0) is 9.53 Å². The van der Waals surface area contributed by atoms with Gasteiger partial charge < -0.3 is 24.3 Å². The maximum Gasteiger partial charge on any atom is 0.362 e. The monoisotopic (exact) mass is 487 g/mol. The first-order chi connectivity index (χ1) is 16.4.